The predicted octanol–water partition coefficient (Wildman–Crippen LogP) is 3.64. The average Bonchev–Trinajstić information content (AvgIpc) is 2.38. The van der Waals surface area contributed by atoms with Crippen molar-refractivity contribution in [3.8, 4) is 6.07 Å². The molecule has 0 bridgehead atoms. The van der Waals surface area contributed by atoms with Crippen LogP contribution < -0.4 is 5.32 Å². The van der Waals surface area contributed by atoms with Crippen LogP contribution in [0, 0.1) is 18.3 Å². The number of nitriles is 1. The summed E-state index contributed by atoms with van der Waals surface area (Å²) in [6.45, 7) is 2.72. The van der Waals surface area contributed by atoms with E-state index in [0.717, 1.165) is 15.7 Å². The monoisotopic (exact) mass is 301 g/mol. The molecule has 0 aliphatic heterocycles. The Labute approximate surface area is 115 Å². The molecule has 1 heterocycles. The summed E-state index contributed by atoms with van der Waals surface area (Å²) in [4.78, 5) is 3.94. The molecule has 18 heavy (non-hydrogen) atoms. The van der Waals surface area contributed by atoms with Crippen LogP contribution in [0.3, 0.4) is 0 Å². The summed E-state index contributed by atoms with van der Waals surface area (Å²) in [6, 6.07) is 11.9. The molecule has 0 atom stereocenters. The fourth-order valence-corrected chi connectivity index (χ4v) is 2.24. The zero-order chi connectivity index (χ0) is 13.0. The van der Waals surface area contributed by atoms with Gasteiger partial charge in [-0.05, 0) is 58.2 Å². The Hall–Kier alpha value is -1.86. The number of rotatable bonds is 3. The predicted molar refractivity (Wildman–Crippen MR) is 75.2 cm³/mol. The van der Waals surface area contributed by atoms with Crippen LogP contribution in [0.15, 0.2) is 41.0 Å². The van der Waals surface area contributed by atoms with E-state index in [-0.39, 0.29) is 0 Å². The van der Waals surface area contributed by atoms with Crippen LogP contribution in [-0.4, -0.2) is 4.98 Å². The summed E-state index contributed by atoms with van der Waals surface area (Å²) in [6.07, 6.45) is 1.65. The second-order valence-corrected chi connectivity index (χ2v) is 4.85. The lowest BCUT2D eigenvalue weighted by Crippen LogP contribution is -2.01. The van der Waals surface area contributed by atoms with Crippen molar-refractivity contribution in [2.45, 2.75) is 13.5 Å². The van der Waals surface area contributed by atoms with E-state index >= 15 is 0 Å². The van der Waals surface area contributed by atoms with Crippen molar-refractivity contribution in [1.29, 1.82) is 5.26 Å². The van der Waals surface area contributed by atoms with Gasteiger partial charge in [0.2, 0.25) is 0 Å². The van der Waals surface area contributed by atoms with E-state index in [1.165, 1.54) is 5.56 Å². The topological polar surface area (TPSA) is 48.7 Å². The summed E-state index contributed by atoms with van der Waals surface area (Å²) in [5.74, 6) is 0. The van der Waals surface area contributed by atoms with Crippen LogP contribution in [0.5, 0.6) is 0 Å². The van der Waals surface area contributed by atoms with Crippen LogP contribution in [0.2, 0.25) is 0 Å². The van der Waals surface area contributed by atoms with Crippen LogP contribution in [0.4, 0.5) is 5.69 Å². The van der Waals surface area contributed by atoms with E-state index in [1.807, 2.05) is 18.2 Å². The lowest BCUT2D eigenvalue weighted by atomic mass is 10.2. The molecule has 0 saturated carbocycles. The number of aromatic nitrogens is 1. The molecule has 2 rings (SSSR count). The molecular formula is C14H12BrN3. The number of nitrogens with zero attached hydrogens (tertiary/aromatic N) is 2. The number of hydrogen-bond acceptors (Lipinski definition) is 3. The Kier molecular flexibility index (Phi) is 3.96. The molecule has 1 aromatic carbocycles. The molecule has 3 nitrogen and oxygen atoms in total. The number of anilines is 1. The highest BCUT2D eigenvalue weighted by Crippen LogP contribution is 2.23. The number of aryl methyl sites for hydroxylation is 1. The number of nitrogens with one attached hydrogen (secondary N) is 1. The summed E-state index contributed by atoms with van der Waals surface area (Å²) < 4.78 is 1.04. The Balaban J connectivity index is 2.09. The van der Waals surface area contributed by atoms with Gasteiger partial charge < -0.3 is 5.32 Å². The minimum Gasteiger partial charge on any atom is -0.380 e. The number of hydrogen-bond donors (Lipinski definition) is 1. The molecule has 1 aromatic heterocycles. The molecule has 0 saturated heterocycles. The van der Waals surface area contributed by atoms with Gasteiger partial charge in [0.25, 0.3) is 0 Å². The highest BCUT2D eigenvalue weighted by atomic mass is 79.9. The first-order valence-electron chi connectivity index (χ1n) is 5.54. The van der Waals surface area contributed by atoms with Crippen molar-refractivity contribution in [2.24, 2.45) is 0 Å². The second-order valence-electron chi connectivity index (χ2n) is 4.00. The maximum Gasteiger partial charge on any atom is 0.140 e. The first-order chi connectivity index (χ1) is 8.69. The van der Waals surface area contributed by atoms with E-state index in [1.54, 1.807) is 12.3 Å². The highest BCUT2D eigenvalue weighted by Gasteiger charge is 2.00. The molecule has 90 valence electrons. The maximum absolute atomic E-state index is 8.78. The molecule has 0 radical (unpaired) electrons. The van der Waals surface area contributed by atoms with Crippen molar-refractivity contribution in [3.63, 3.8) is 0 Å². The van der Waals surface area contributed by atoms with E-state index in [9.17, 15) is 0 Å². The first-order valence-corrected chi connectivity index (χ1v) is 6.33. The summed E-state index contributed by atoms with van der Waals surface area (Å²) in [7, 11) is 0. The fourth-order valence-electron chi connectivity index (χ4n) is 1.61. The molecule has 0 fully saturated rings. The summed E-state index contributed by atoms with van der Waals surface area (Å²) in [5, 5.41) is 12.1. The first kappa shape index (κ1) is 12.6. The highest BCUT2D eigenvalue weighted by molar-refractivity contribution is 9.10. The smallest absolute Gasteiger partial charge is 0.140 e. The van der Waals surface area contributed by atoms with Gasteiger partial charge in [0.15, 0.2) is 0 Å². The van der Waals surface area contributed by atoms with Crippen molar-refractivity contribution in [3.05, 3.63) is 57.8 Å². The van der Waals surface area contributed by atoms with Gasteiger partial charge in [-0.25, -0.2) is 4.98 Å². The molecular weight excluding hydrogens is 290 g/mol. The van der Waals surface area contributed by atoms with Crippen LogP contribution in [0.25, 0.3) is 0 Å². The fraction of sp³-hybridized carbons (Fsp3) is 0.143. The van der Waals surface area contributed by atoms with Gasteiger partial charge in [0.1, 0.15) is 11.8 Å². The van der Waals surface area contributed by atoms with E-state index in [0.29, 0.717) is 12.2 Å². The number of halogens is 1. The van der Waals surface area contributed by atoms with Crippen LogP contribution >= 0.6 is 15.9 Å². The maximum atomic E-state index is 8.78. The van der Waals surface area contributed by atoms with E-state index in [2.05, 4.69) is 45.3 Å². The third-order valence-corrected chi connectivity index (χ3v) is 3.20. The molecule has 0 unspecified atom stereocenters. The van der Waals surface area contributed by atoms with Gasteiger partial charge in [-0.3, -0.25) is 0 Å². The van der Waals surface area contributed by atoms with Crippen molar-refractivity contribution in [2.75, 3.05) is 5.32 Å². The quantitative estimate of drug-likeness (QED) is 0.941. The second kappa shape index (κ2) is 5.65. The van der Waals surface area contributed by atoms with Crippen molar-refractivity contribution >= 4 is 21.6 Å². The molecule has 4 heteroatoms. The number of pyridine rings is 1. The van der Waals surface area contributed by atoms with Gasteiger partial charge in [0, 0.05) is 22.9 Å². The molecule has 2 aromatic rings. The van der Waals surface area contributed by atoms with Gasteiger partial charge in [-0.1, -0.05) is 6.07 Å². The Morgan fingerprint density at radius 3 is 2.89 bits per heavy atom. The molecule has 0 aliphatic carbocycles. The van der Waals surface area contributed by atoms with Gasteiger partial charge in [-0.15, -0.1) is 0 Å². The third kappa shape index (κ3) is 3.08. The SMILES string of the molecule is Cc1ccc(NCc2ccnc(C#N)c2)c(Br)c1. The zero-order valence-electron chi connectivity index (χ0n) is 9.94. The van der Waals surface area contributed by atoms with Crippen molar-refractivity contribution in [1.82, 2.24) is 4.98 Å². The summed E-state index contributed by atoms with van der Waals surface area (Å²) >= 11 is 3.52. The minimum absolute atomic E-state index is 0.442. The molecule has 0 spiro atoms. The van der Waals surface area contributed by atoms with Crippen LogP contribution in [0.1, 0.15) is 16.8 Å². The Morgan fingerprint density at radius 2 is 2.17 bits per heavy atom. The van der Waals surface area contributed by atoms with Gasteiger partial charge in [0.05, 0.1) is 0 Å². The number of benzene rings is 1. The molecule has 0 aliphatic rings. The van der Waals surface area contributed by atoms with E-state index in [4.69, 9.17) is 5.26 Å². The molecule has 1 N–H and O–H groups in total. The van der Waals surface area contributed by atoms with Crippen molar-refractivity contribution < 1.29 is 0 Å². The largest absolute Gasteiger partial charge is 0.380 e. The summed E-state index contributed by atoms with van der Waals surface area (Å²) in [5.41, 5.74) is 3.73. The van der Waals surface area contributed by atoms with Gasteiger partial charge >= 0.3 is 0 Å². The molecule has 0 amide bonds. The lowest BCUT2D eigenvalue weighted by Gasteiger charge is -2.09. The lowest BCUT2D eigenvalue weighted by molar-refractivity contribution is 1.11. The average molecular weight is 302 g/mol. The van der Waals surface area contributed by atoms with Crippen LogP contribution in [-0.2, 0) is 6.54 Å². The normalized spacial score (nSPS) is 9.83. The Morgan fingerprint density at radius 1 is 1.33 bits per heavy atom. The third-order valence-electron chi connectivity index (χ3n) is 2.55. The zero-order valence-corrected chi connectivity index (χ0v) is 11.5. The Bertz CT molecular complexity index is 602. The standard InChI is InChI=1S/C14H12BrN3/c1-10-2-3-14(13(15)6-10)18-9-11-4-5-17-12(7-11)8-16/h2-7,18H,9H2,1H3. The minimum atomic E-state index is 0.442. The van der Waals surface area contributed by atoms with E-state index < -0.39 is 0 Å². The van der Waals surface area contributed by atoms with Gasteiger partial charge in [-0.2, -0.15) is 5.26 Å².